The van der Waals surface area contributed by atoms with E-state index in [1.54, 1.807) is 30.3 Å². The molecule has 2 amide bonds. The van der Waals surface area contributed by atoms with Crippen LogP contribution in [0.25, 0.3) is 0 Å². The molecule has 0 fully saturated rings. The van der Waals surface area contributed by atoms with Crippen LogP contribution in [0.3, 0.4) is 0 Å². The molecule has 7 heteroatoms. The number of ether oxygens (including phenoxy) is 1. The van der Waals surface area contributed by atoms with Gasteiger partial charge in [-0.2, -0.15) is 0 Å². The molecule has 0 aliphatic heterocycles. The zero-order valence-corrected chi connectivity index (χ0v) is 19.5. The first-order valence-corrected chi connectivity index (χ1v) is 11.3. The second kappa shape index (κ2) is 12.8. The quantitative estimate of drug-likeness (QED) is 0.254. The number of nitrogens with one attached hydrogen (secondary N) is 2. The first-order chi connectivity index (χ1) is 17.0. The third-order valence-electron chi connectivity index (χ3n) is 5.44. The lowest BCUT2D eigenvalue weighted by Gasteiger charge is -2.22. The number of carbonyl (C=O) groups excluding carboxylic acids is 4. The van der Waals surface area contributed by atoms with Crippen molar-refractivity contribution < 1.29 is 23.9 Å². The predicted molar refractivity (Wildman–Crippen MR) is 132 cm³/mol. The average molecular weight is 473 g/mol. The van der Waals surface area contributed by atoms with Crippen LogP contribution in [0.1, 0.15) is 27.9 Å². The predicted octanol–water partition coefficient (Wildman–Crippen LogP) is 2.89. The SMILES string of the molecule is COC(=O)[C@H](Cc1ccccc1)NC(=O)[C@H](Cc1ccccc1)NC(=O)CC(=O)c1ccccc1. The van der Waals surface area contributed by atoms with Gasteiger partial charge in [0.25, 0.3) is 0 Å². The minimum atomic E-state index is -0.989. The third-order valence-corrected chi connectivity index (χ3v) is 5.44. The summed E-state index contributed by atoms with van der Waals surface area (Å²) in [6.45, 7) is 0. The fraction of sp³-hybridized carbons (Fsp3) is 0.214. The molecule has 35 heavy (non-hydrogen) atoms. The van der Waals surface area contributed by atoms with Crippen molar-refractivity contribution in [3.8, 4) is 0 Å². The Morgan fingerprint density at radius 1 is 0.686 bits per heavy atom. The number of hydrogen-bond acceptors (Lipinski definition) is 5. The Morgan fingerprint density at radius 2 is 1.17 bits per heavy atom. The van der Waals surface area contributed by atoms with Gasteiger partial charge in [0, 0.05) is 18.4 Å². The molecule has 7 nitrogen and oxygen atoms in total. The molecule has 0 spiro atoms. The van der Waals surface area contributed by atoms with Crippen LogP contribution in [0.5, 0.6) is 0 Å². The summed E-state index contributed by atoms with van der Waals surface area (Å²) in [5.41, 5.74) is 2.08. The Hall–Kier alpha value is -4.26. The van der Waals surface area contributed by atoms with Gasteiger partial charge in [-0.3, -0.25) is 14.4 Å². The lowest BCUT2D eigenvalue weighted by molar-refractivity contribution is -0.145. The monoisotopic (exact) mass is 472 g/mol. The number of amides is 2. The van der Waals surface area contributed by atoms with Crippen molar-refractivity contribution in [2.75, 3.05) is 7.11 Å². The van der Waals surface area contributed by atoms with E-state index in [9.17, 15) is 19.2 Å². The molecule has 3 aromatic carbocycles. The van der Waals surface area contributed by atoms with Gasteiger partial charge in [0.1, 0.15) is 12.1 Å². The van der Waals surface area contributed by atoms with Crippen LogP contribution >= 0.6 is 0 Å². The van der Waals surface area contributed by atoms with E-state index in [4.69, 9.17) is 4.74 Å². The maximum Gasteiger partial charge on any atom is 0.328 e. The lowest BCUT2D eigenvalue weighted by atomic mass is 10.0. The van der Waals surface area contributed by atoms with Crippen LogP contribution < -0.4 is 10.6 Å². The molecule has 0 aliphatic rings. The second-order valence-corrected chi connectivity index (χ2v) is 8.05. The van der Waals surface area contributed by atoms with Crippen molar-refractivity contribution in [2.24, 2.45) is 0 Å². The molecular formula is C28H28N2O5. The first kappa shape index (κ1) is 25.4. The van der Waals surface area contributed by atoms with E-state index in [-0.39, 0.29) is 18.6 Å². The first-order valence-electron chi connectivity index (χ1n) is 11.3. The van der Waals surface area contributed by atoms with Gasteiger partial charge in [-0.05, 0) is 11.1 Å². The van der Waals surface area contributed by atoms with Gasteiger partial charge in [0.05, 0.1) is 13.5 Å². The third kappa shape index (κ3) is 7.92. The molecule has 180 valence electrons. The van der Waals surface area contributed by atoms with Crippen molar-refractivity contribution in [3.05, 3.63) is 108 Å². The number of Topliss-reactive ketones (excluding diaryl/α,β-unsaturated/α-hetero) is 1. The molecule has 3 aromatic rings. The van der Waals surface area contributed by atoms with Crippen LogP contribution in [0.15, 0.2) is 91.0 Å². The summed E-state index contributed by atoms with van der Waals surface area (Å²) in [5, 5.41) is 5.38. The van der Waals surface area contributed by atoms with Crippen LogP contribution in [0, 0.1) is 0 Å². The van der Waals surface area contributed by atoms with Gasteiger partial charge in [-0.1, -0.05) is 91.0 Å². The fourth-order valence-corrected chi connectivity index (χ4v) is 3.63. The molecule has 0 radical (unpaired) electrons. The fourth-order valence-electron chi connectivity index (χ4n) is 3.63. The van der Waals surface area contributed by atoms with E-state index in [1.165, 1.54) is 7.11 Å². The molecule has 2 N–H and O–H groups in total. The normalized spacial score (nSPS) is 12.1. The van der Waals surface area contributed by atoms with Gasteiger partial charge < -0.3 is 15.4 Å². The van der Waals surface area contributed by atoms with E-state index in [0.717, 1.165) is 11.1 Å². The van der Waals surface area contributed by atoms with Crippen LogP contribution in [-0.4, -0.2) is 42.8 Å². The zero-order chi connectivity index (χ0) is 25.0. The van der Waals surface area contributed by atoms with E-state index in [2.05, 4.69) is 10.6 Å². The number of carbonyl (C=O) groups is 4. The summed E-state index contributed by atoms with van der Waals surface area (Å²) >= 11 is 0. The van der Waals surface area contributed by atoms with Gasteiger partial charge >= 0.3 is 5.97 Å². The molecule has 3 rings (SSSR count). The minimum Gasteiger partial charge on any atom is -0.467 e. The molecule has 0 unspecified atom stereocenters. The molecule has 0 aliphatic carbocycles. The molecular weight excluding hydrogens is 444 g/mol. The largest absolute Gasteiger partial charge is 0.467 e. The highest BCUT2D eigenvalue weighted by molar-refractivity contribution is 6.08. The summed E-state index contributed by atoms with van der Waals surface area (Å²) < 4.78 is 4.88. The zero-order valence-electron chi connectivity index (χ0n) is 19.5. The Bertz CT molecular complexity index is 1130. The molecule has 0 saturated carbocycles. The number of hydrogen-bond donors (Lipinski definition) is 2. The smallest absolute Gasteiger partial charge is 0.328 e. The van der Waals surface area contributed by atoms with Gasteiger partial charge in [-0.15, -0.1) is 0 Å². The molecule has 2 atom stereocenters. The van der Waals surface area contributed by atoms with Gasteiger partial charge in [0.2, 0.25) is 11.8 Å². The summed E-state index contributed by atoms with van der Waals surface area (Å²) in [5.74, 6) is -2.06. The average Bonchev–Trinajstić information content (AvgIpc) is 2.89. The van der Waals surface area contributed by atoms with E-state index >= 15 is 0 Å². The lowest BCUT2D eigenvalue weighted by Crippen LogP contribution is -2.53. The molecule has 0 bridgehead atoms. The maximum absolute atomic E-state index is 13.2. The van der Waals surface area contributed by atoms with Crippen molar-refractivity contribution in [1.82, 2.24) is 10.6 Å². The minimum absolute atomic E-state index is 0.192. The highest BCUT2D eigenvalue weighted by Crippen LogP contribution is 2.09. The van der Waals surface area contributed by atoms with Gasteiger partial charge in [-0.25, -0.2) is 4.79 Å². The van der Waals surface area contributed by atoms with Crippen LogP contribution in [0.2, 0.25) is 0 Å². The standard InChI is InChI=1S/C28H28N2O5/c1-35-28(34)24(18-21-13-7-3-8-14-21)30-27(33)23(17-20-11-5-2-6-12-20)29-26(32)19-25(31)22-15-9-4-10-16-22/h2-16,23-24H,17-19H2,1H3,(H,29,32)(H,30,33)/t23-,24-/m0/s1. The maximum atomic E-state index is 13.2. The summed E-state index contributed by atoms with van der Waals surface area (Å²) in [7, 11) is 1.25. The van der Waals surface area contributed by atoms with E-state index in [0.29, 0.717) is 5.56 Å². The topological polar surface area (TPSA) is 102 Å². The Balaban J connectivity index is 1.74. The number of rotatable bonds is 11. The highest BCUT2D eigenvalue weighted by atomic mass is 16.5. The van der Waals surface area contributed by atoms with E-state index in [1.807, 2.05) is 60.7 Å². The highest BCUT2D eigenvalue weighted by Gasteiger charge is 2.28. The second-order valence-electron chi connectivity index (χ2n) is 8.05. The molecule has 0 aromatic heterocycles. The molecule has 0 heterocycles. The summed E-state index contributed by atoms with van der Waals surface area (Å²) in [6, 6.07) is 25.0. The van der Waals surface area contributed by atoms with E-state index < -0.39 is 36.3 Å². The Kier molecular flexibility index (Phi) is 9.31. The number of ketones is 1. The summed E-state index contributed by atoms with van der Waals surface area (Å²) in [4.78, 5) is 50.8. The number of methoxy groups -OCH3 is 1. The van der Waals surface area contributed by atoms with Crippen LogP contribution in [0.4, 0.5) is 0 Å². The van der Waals surface area contributed by atoms with Crippen molar-refractivity contribution in [2.45, 2.75) is 31.3 Å². The number of esters is 1. The van der Waals surface area contributed by atoms with Crippen LogP contribution in [-0.2, 0) is 32.0 Å². The molecule has 0 saturated heterocycles. The summed E-state index contributed by atoms with van der Waals surface area (Å²) in [6.07, 6.45) is 0.0297. The Morgan fingerprint density at radius 3 is 1.69 bits per heavy atom. The van der Waals surface area contributed by atoms with Crippen molar-refractivity contribution in [1.29, 1.82) is 0 Å². The van der Waals surface area contributed by atoms with Crippen molar-refractivity contribution in [3.63, 3.8) is 0 Å². The van der Waals surface area contributed by atoms with Gasteiger partial charge in [0.15, 0.2) is 5.78 Å². The number of benzene rings is 3. The van der Waals surface area contributed by atoms with Crippen molar-refractivity contribution >= 4 is 23.6 Å². The Labute approximate surface area is 204 Å².